The van der Waals surface area contributed by atoms with E-state index in [4.69, 9.17) is 5.10 Å². The van der Waals surface area contributed by atoms with Gasteiger partial charge >= 0.3 is 0 Å². The molecule has 2 aliphatic heterocycles. The van der Waals surface area contributed by atoms with Crippen molar-refractivity contribution in [3.63, 3.8) is 0 Å². The summed E-state index contributed by atoms with van der Waals surface area (Å²) in [5.74, 6) is 1.04. The van der Waals surface area contributed by atoms with E-state index in [9.17, 15) is 9.59 Å². The number of hydrogen-bond acceptors (Lipinski definition) is 6. The van der Waals surface area contributed by atoms with Crippen LogP contribution in [-0.4, -0.2) is 48.1 Å². The van der Waals surface area contributed by atoms with Crippen molar-refractivity contribution in [2.24, 2.45) is 5.92 Å². The number of hydrogen-bond donors (Lipinski definition) is 2. The van der Waals surface area contributed by atoms with Crippen LogP contribution in [0.15, 0.2) is 36.9 Å². The second kappa shape index (κ2) is 7.21. The van der Waals surface area contributed by atoms with Crippen LogP contribution in [0.2, 0.25) is 0 Å². The van der Waals surface area contributed by atoms with E-state index in [-0.39, 0.29) is 18.2 Å². The molecule has 172 valence electrons. The Hall–Kier alpha value is -4.08. The summed E-state index contributed by atoms with van der Waals surface area (Å²) in [4.78, 5) is 45.0. The molecule has 2 amide bonds. The Balaban J connectivity index is 1.59. The summed E-state index contributed by atoms with van der Waals surface area (Å²) in [6.07, 6.45) is 3.84. The highest BCUT2D eigenvalue weighted by molar-refractivity contribution is 6.16. The van der Waals surface area contributed by atoms with Gasteiger partial charge in [0.2, 0.25) is 11.8 Å². The van der Waals surface area contributed by atoms with Gasteiger partial charge in [0.25, 0.3) is 0 Å². The smallest absolute Gasteiger partial charge is 0.242 e. The third kappa shape index (κ3) is 2.68. The predicted octanol–water partition coefficient (Wildman–Crippen LogP) is 2.87. The maximum Gasteiger partial charge on any atom is 0.242 e. The van der Waals surface area contributed by atoms with Crippen LogP contribution >= 0.6 is 0 Å². The fourth-order valence-corrected chi connectivity index (χ4v) is 5.27. The SMILES string of the molecule is Cc1nn(-c2ncnc3nc[nH]c23)c2c1[C@@]1(CC(=O)N2)C(=O)N(CCC(C)C)c2ccccc21. The summed E-state index contributed by atoms with van der Waals surface area (Å²) in [5.41, 5.74) is 3.03. The number of aromatic amines is 1. The number of aryl methyl sites for hydroxylation is 1. The average Bonchev–Trinajstić information content (AvgIpc) is 3.48. The summed E-state index contributed by atoms with van der Waals surface area (Å²) < 4.78 is 1.58. The molecule has 5 heterocycles. The lowest BCUT2D eigenvalue weighted by atomic mass is 9.70. The first-order valence-electron chi connectivity index (χ1n) is 11.4. The molecule has 0 unspecified atom stereocenters. The summed E-state index contributed by atoms with van der Waals surface area (Å²) >= 11 is 0. The van der Waals surface area contributed by atoms with E-state index >= 15 is 0 Å². The molecule has 2 aliphatic rings. The molecular weight excluding hydrogens is 432 g/mol. The molecule has 0 saturated carbocycles. The molecule has 6 rings (SSSR count). The highest BCUT2D eigenvalue weighted by Gasteiger charge is 2.57. The molecule has 0 aliphatic carbocycles. The first-order valence-corrected chi connectivity index (χ1v) is 11.4. The Morgan fingerprint density at radius 2 is 1.97 bits per heavy atom. The number of carbonyl (C=O) groups is 2. The summed E-state index contributed by atoms with van der Waals surface area (Å²) in [5, 5.41) is 7.71. The summed E-state index contributed by atoms with van der Waals surface area (Å²) in [7, 11) is 0. The van der Waals surface area contributed by atoms with E-state index in [1.54, 1.807) is 4.68 Å². The number of fused-ring (bicyclic) bond motifs is 5. The summed E-state index contributed by atoms with van der Waals surface area (Å²) in [6, 6.07) is 7.78. The van der Waals surface area contributed by atoms with Crippen LogP contribution in [0.25, 0.3) is 17.0 Å². The number of para-hydroxylation sites is 1. The van der Waals surface area contributed by atoms with Gasteiger partial charge in [0.15, 0.2) is 11.5 Å². The molecule has 2 N–H and O–H groups in total. The largest absolute Gasteiger partial charge is 0.340 e. The van der Waals surface area contributed by atoms with Crippen molar-refractivity contribution in [2.75, 3.05) is 16.8 Å². The second-order valence-corrected chi connectivity index (χ2v) is 9.31. The lowest BCUT2D eigenvalue weighted by Gasteiger charge is -2.33. The normalized spacial score (nSPS) is 19.2. The van der Waals surface area contributed by atoms with Gasteiger partial charge in [-0.1, -0.05) is 32.0 Å². The molecule has 4 aromatic rings. The van der Waals surface area contributed by atoms with Gasteiger partial charge in [-0.2, -0.15) is 9.78 Å². The lowest BCUT2D eigenvalue weighted by molar-refractivity contribution is -0.126. The zero-order valence-electron chi connectivity index (χ0n) is 19.2. The van der Waals surface area contributed by atoms with Crippen LogP contribution in [0.1, 0.15) is 43.5 Å². The van der Waals surface area contributed by atoms with Gasteiger partial charge in [0.05, 0.1) is 12.0 Å². The highest BCUT2D eigenvalue weighted by atomic mass is 16.2. The number of benzene rings is 1. The molecule has 10 nitrogen and oxygen atoms in total. The van der Waals surface area contributed by atoms with Gasteiger partial charge in [0.1, 0.15) is 23.1 Å². The number of aromatic nitrogens is 6. The lowest BCUT2D eigenvalue weighted by Crippen LogP contribution is -2.47. The Kier molecular flexibility index (Phi) is 4.35. The number of amides is 2. The fourth-order valence-electron chi connectivity index (χ4n) is 5.27. The molecule has 1 aromatic carbocycles. The molecule has 0 radical (unpaired) electrons. The van der Waals surface area contributed by atoms with Crippen LogP contribution < -0.4 is 10.2 Å². The number of imidazole rings is 1. The predicted molar refractivity (Wildman–Crippen MR) is 126 cm³/mol. The maximum atomic E-state index is 14.2. The number of anilines is 2. The minimum absolute atomic E-state index is 0.0315. The number of rotatable bonds is 4. The van der Waals surface area contributed by atoms with E-state index in [1.165, 1.54) is 12.7 Å². The van der Waals surface area contributed by atoms with Crippen molar-refractivity contribution < 1.29 is 9.59 Å². The molecule has 0 bridgehead atoms. The van der Waals surface area contributed by atoms with Gasteiger partial charge in [-0.15, -0.1) is 0 Å². The molecular formula is C24H24N8O2. The highest BCUT2D eigenvalue weighted by Crippen LogP contribution is 2.53. The van der Waals surface area contributed by atoms with Gasteiger partial charge < -0.3 is 15.2 Å². The van der Waals surface area contributed by atoms with Gasteiger partial charge in [-0.3, -0.25) is 9.59 Å². The monoisotopic (exact) mass is 456 g/mol. The quantitative estimate of drug-likeness (QED) is 0.487. The Morgan fingerprint density at radius 3 is 2.79 bits per heavy atom. The Morgan fingerprint density at radius 1 is 1.15 bits per heavy atom. The molecule has 1 spiro atoms. The zero-order valence-corrected chi connectivity index (χ0v) is 19.2. The third-order valence-corrected chi connectivity index (χ3v) is 6.77. The van der Waals surface area contributed by atoms with Crippen LogP contribution in [0.4, 0.5) is 11.5 Å². The van der Waals surface area contributed by atoms with Gasteiger partial charge in [-0.05, 0) is 30.9 Å². The minimum Gasteiger partial charge on any atom is -0.340 e. The van der Waals surface area contributed by atoms with Crippen molar-refractivity contribution in [1.82, 2.24) is 29.7 Å². The van der Waals surface area contributed by atoms with Crippen LogP contribution in [0.5, 0.6) is 0 Å². The molecule has 34 heavy (non-hydrogen) atoms. The molecule has 0 saturated heterocycles. The van der Waals surface area contributed by atoms with Gasteiger partial charge in [0, 0.05) is 24.2 Å². The number of H-pyrrole nitrogens is 1. The summed E-state index contributed by atoms with van der Waals surface area (Å²) in [6.45, 7) is 6.74. The van der Waals surface area contributed by atoms with Crippen molar-refractivity contribution >= 4 is 34.5 Å². The van der Waals surface area contributed by atoms with Crippen molar-refractivity contribution in [3.8, 4) is 5.82 Å². The van der Waals surface area contributed by atoms with E-state index < -0.39 is 5.41 Å². The maximum absolute atomic E-state index is 14.2. The minimum atomic E-state index is -1.13. The van der Waals surface area contributed by atoms with E-state index in [0.717, 1.165) is 17.7 Å². The van der Waals surface area contributed by atoms with Crippen LogP contribution in [-0.2, 0) is 15.0 Å². The van der Waals surface area contributed by atoms with Crippen molar-refractivity contribution in [1.29, 1.82) is 0 Å². The van der Waals surface area contributed by atoms with Crippen LogP contribution in [0.3, 0.4) is 0 Å². The molecule has 10 heteroatoms. The Bertz CT molecular complexity index is 1470. The van der Waals surface area contributed by atoms with Crippen LogP contribution in [0, 0.1) is 12.8 Å². The number of nitrogens with one attached hydrogen (secondary N) is 2. The van der Waals surface area contributed by atoms with E-state index in [2.05, 4.69) is 39.1 Å². The first-order chi connectivity index (χ1) is 16.4. The fraction of sp³-hybridized carbons (Fsp3) is 0.333. The first kappa shape index (κ1) is 20.5. The van der Waals surface area contributed by atoms with E-state index in [0.29, 0.717) is 46.5 Å². The number of nitrogens with zero attached hydrogens (tertiary/aromatic N) is 6. The third-order valence-electron chi connectivity index (χ3n) is 6.77. The van der Waals surface area contributed by atoms with Crippen molar-refractivity contribution in [2.45, 2.75) is 39.0 Å². The number of carbonyl (C=O) groups excluding carboxylic acids is 2. The topological polar surface area (TPSA) is 122 Å². The van der Waals surface area contributed by atoms with Crippen molar-refractivity contribution in [3.05, 3.63) is 53.7 Å². The zero-order chi connectivity index (χ0) is 23.6. The molecule has 0 fully saturated rings. The van der Waals surface area contributed by atoms with Gasteiger partial charge in [-0.25, -0.2) is 15.0 Å². The van der Waals surface area contributed by atoms with E-state index in [1.807, 2.05) is 36.1 Å². The second-order valence-electron chi connectivity index (χ2n) is 9.31. The molecule has 1 atom stereocenters. The average molecular weight is 457 g/mol. The Labute approximate surface area is 195 Å². The molecule has 3 aromatic heterocycles. The standard InChI is InChI=1S/C24H24N8O2/c1-13(2)8-9-31-16-7-5-4-6-15(16)24(23(31)34)10-17(33)29-21-18(24)14(3)30-32(21)22-19-20(26-11-25-19)27-12-28-22/h4-7,11-13H,8-10H2,1-3H3,(H,29,33)(H,25,26,27,28)/t24-/m0/s1.